The number of carbonyl (C=O) groups excluding carboxylic acids is 1. The second-order valence-corrected chi connectivity index (χ2v) is 6.14. The van der Waals surface area contributed by atoms with Crippen molar-refractivity contribution in [3.8, 4) is 5.75 Å². The van der Waals surface area contributed by atoms with E-state index in [-0.39, 0.29) is 5.97 Å². The van der Waals surface area contributed by atoms with Gasteiger partial charge in [-0.15, -0.1) is 0 Å². The summed E-state index contributed by atoms with van der Waals surface area (Å²) in [6.45, 7) is 2.48. The summed E-state index contributed by atoms with van der Waals surface area (Å²) < 4.78 is 10.5. The number of esters is 1. The van der Waals surface area contributed by atoms with Gasteiger partial charge in [0.1, 0.15) is 12.4 Å². The minimum Gasteiger partial charge on any atom is -0.489 e. The first kappa shape index (κ1) is 18.4. The molecule has 0 saturated carbocycles. The molecular weight excluding hydrogens is 338 g/mol. The third-order valence-electron chi connectivity index (χ3n) is 4.06. The first-order valence-electron chi connectivity index (χ1n) is 8.65. The van der Waals surface area contributed by atoms with Crippen molar-refractivity contribution in [1.82, 2.24) is 0 Å². The van der Waals surface area contributed by atoms with E-state index in [9.17, 15) is 4.79 Å². The maximum Gasteiger partial charge on any atom is 0.337 e. The molecule has 136 valence electrons. The van der Waals surface area contributed by atoms with Crippen LogP contribution in [0.1, 0.15) is 27.0 Å². The van der Waals surface area contributed by atoms with Crippen LogP contribution in [0.2, 0.25) is 0 Å². The van der Waals surface area contributed by atoms with E-state index >= 15 is 0 Å². The van der Waals surface area contributed by atoms with E-state index in [0.717, 1.165) is 22.6 Å². The quantitative estimate of drug-likeness (QED) is 0.454. The molecule has 0 radical (unpaired) electrons. The van der Waals surface area contributed by atoms with Crippen molar-refractivity contribution < 1.29 is 14.3 Å². The standard InChI is InChI=1S/C23H21NO3/c1-17-3-11-21(12-4-17)24-15-18-7-13-22(14-8-18)27-16-19-5-9-20(10-6-19)23(25)26-2/h3-15H,16H2,1-2H3. The van der Waals surface area contributed by atoms with Gasteiger partial charge in [0.15, 0.2) is 0 Å². The molecule has 0 unspecified atom stereocenters. The van der Waals surface area contributed by atoms with Gasteiger partial charge in [0, 0.05) is 6.21 Å². The SMILES string of the molecule is COC(=O)c1ccc(COc2ccc(C=Nc3ccc(C)cc3)cc2)cc1. The molecule has 0 aliphatic heterocycles. The largest absolute Gasteiger partial charge is 0.489 e. The molecule has 0 aliphatic rings. The van der Waals surface area contributed by atoms with Crippen molar-refractivity contribution in [3.63, 3.8) is 0 Å². The monoisotopic (exact) mass is 359 g/mol. The number of aliphatic imine (C=N–C) groups is 1. The van der Waals surface area contributed by atoms with Crippen molar-refractivity contribution in [1.29, 1.82) is 0 Å². The molecule has 27 heavy (non-hydrogen) atoms. The zero-order valence-electron chi connectivity index (χ0n) is 15.4. The summed E-state index contributed by atoms with van der Waals surface area (Å²) in [5.74, 6) is 0.435. The lowest BCUT2D eigenvalue weighted by Gasteiger charge is -2.07. The molecule has 0 atom stereocenters. The molecule has 3 rings (SSSR count). The van der Waals surface area contributed by atoms with Gasteiger partial charge in [-0.25, -0.2) is 4.79 Å². The summed E-state index contributed by atoms with van der Waals surface area (Å²) in [6, 6.07) is 23.0. The summed E-state index contributed by atoms with van der Waals surface area (Å²) in [7, 11) is 1.37. The van der Waals surface area contributed by atoms with Crippen LogP contribution < -0.4 is 4.74 Å². The Morgan fingerprint density at radius 1 is 0.926 bits per heavy atom. The number of hydrogen-bond donors (Lipinski definition) is 0. The van der Waals surface area contributed by atoms with Crippen LogP contribution >= 0.6 is 0 Å². The average Bonchev–Trinajstić information content (AvgIpc) is 2.72. The van der Waals surface area contributed by atoms with Crippen LogP contribution in [0.5, 0.6) is 5.75 Å². The Hall–Kier alpha value is -3.40. The van der Waals surface area contributed by atoms with Gasteiger partial charge in [-0.1, -0.05) is 29.8 Å². The number of rotatable bonds is 6. The molecule has 4 heteroatoms. The molecule has 3 aromatic carbocycles. The highest BCUT2D eigenvalue weighted by molar-refractivity contribution is 5.89. The van der Waals surface area contributed by atoms with Crippen LogP contribution in [0.4, 0.5) is 5.69 Å². The Morgan fingerprint density at radius 2 is 1.59 bits per heavy atom. The van der Waals surface area contributed by atoms with E-state index in [1.807, 2.05) is 66.9 Å². The van der Waals surface area contributed by atoms with Gasteiger partial charge in [-0.3, -0.25) is 4.99 Å². The van der Waals surface area contributed by atoms with Gasteiger partial charge in [0.2, 0.25) is 0 Å². The van der Waals surface area contributed by atoms with E-state index in [1.165, 1.54) is 12.7 Å². The maximum atomic E-state index is 11.4. The highest BCUT2D eigenvalue weighted by Crippen LogP contribution is 2.16. The molecule has 0 aromatic heterocycles. The van der Waals surface area contributed by atoms with E-state index in [2.05, 4.69) is 16.7 Å². The number of hydrogen-bond acceptors (Lipinski definition) is 4. The van der Waals surface area contributed by atoms with Crippen molar-refractivity contribution >= 4 is 17.9 Å². The molecular formula is C23H21NO3. The lowest BCUT2D eigenvalue weighted by molar-refractivity contribution is 0.0600. The molecule has 0 heterocycles. The summed E-state index contributed by atoms with van der Waals surface area (Å²) in [5, 5.41) is 0. The molecule has 0 fully saturated rings. The fraction of sp³-hybridized carbons (Fsp3) is 0.130. The number of ether oxygens (including phenoxy) is 2. The molecule has 4 nitrogen and oxygen atoms in total. The van der Waals surface area contributed by atoms with E-state index in [4.69, 9.17) is 4.74 Å². The van der Waals surface area contributed by atoms with Crippen molar-refractivity contribution in [2.45, 2.75) is 13.5 Å². The van der Waals surface area contributed by atoms with Crippen LogP contribution in [0.25, 0.3) is 0 Å². The van der Waals surface area contributed by atoms with Gasteiger partial charge >= 0.3 is 5.97 Å². The second-order valence-electron chi connectivity index (χ2n) is 6.14. The minimum absolute atomic E-state index is 0.342. The van der Waals surface area contributed by atoms with E-state index < -0.39 is 0 Å². The summed E-state index contributed by atoms with van der Waals surface area (Å²) in [6.07, 6.45) is 1.83. The number of benzene rings is 3. The Kier molecular flexibility index (Phi) is 6.00. The molecule has 0 saturated heterocycles. The molecule has 3 aromatic rings. The first-order chi connectivity index (χ1) is 13.1. The van der Waals surface area contributed by atoms with E-state index in [0.29, 0.717) is 12.2 Å². The number of nitrogens with zero attached hydrogens (tertiary/aromatic N) is 1. The Bertz CT molecular complexity index is 911. The van der Waals surface area contributed by atoms with Gasteiger partial charge < -0.3 is 9.47 Å². The van der Waals surface area contributed by atoms with Crippen molar-refractivity contribution in [2.75, 3.05) is 7.11 Å². The fourth-order valence-corrected chi connectivity index (χ4v) is 2.45. The van der Waals surface area contributed by atoms with Crippen LogP contribution in [-0.2, 0) is 11.3 Å². The summed E-state index contributed by atoms with van der Waals surface area (Å²) in [4.78, 5) is 15.9. The minimum atomic E-state index is -0.342. The third-order valence-corrected chi connectivity index (χ3v) is 4.06. The Labute approximate surface area is 159 Å². The Balaban J connectivity index is 1.56. The smallest absolute Gasteiger partial charge is 0.337 e. The maximum absolute atomic E-state index is 11.4. The zero-order valence-corrected chi connectivity index (χ0v) is 15.4. The van der Waals surface area contributed by atoms with E-state index in [1.54, 1.807) is 12.1 Å². The van der Waals surface area contributed by atoms with Gasteiger partial charge in [0.05, 0.1) is 18.4 Å². The fourth-order valence-electron chi connectivity index (χ4n) is 2.45. The first-order valence-corrected chi connectivity index (χ1v) is 8.65. The molecule has 0 amide bonds. The zero-order chi connectivity index (χ0) is 19.1. The lowest BCUT2D eigenvalue weighted by Crippen LogP contribution is -2.02. The second kappa shape index (κ2) is 8.81. The number of methoxy groups -OCH3 is 1. The molecule has 0 spiro atoms. The predicted molar refractivity (Wildman–Crippen MR) is 107 cm³/mol. The van der Waals surface area contributed by atoms with Crippen LogP contribution in [-0.4, -0.2) is 19.3 Å². The molecule has 0 bridgehead atoms. The van der Waals surface area contributed by atoms with Crippen molar-refractivity contribution in [3.05, 3.63) is 95.1 Å². The van der Waals surface area contributed by atoms with Crippen LogP contribution in [0.3, 0.4) is 0 Å². The topological polar surface area (TPSA) is 47.9 Å². The highest BCUT2D eigenvalue weighted by Gasteiger charge is 2.04. The van der Waals surface area contributed by atoms with Crippen LogP contribution in [0.15, 0.2) is 77.8 Å². The predicted octanol–water partition coefficient (Wildman–Crippen LogP) is 5.11. The third kappa shape index (κ3) is 5.28. The van der Waals surface area contributed by atoms with Crippen LogP contribution in [0, 0.1) is 6.92 Å². The molecule has 0 N–H and O–H groups in total. The summed E-state index contributed by atoms with van der Waals surface area (Å²) in [5.41, 5.74) is 4.66. The normalized spacial score (nSPS) is 10.7. The summed E-state index contributed by atoms with van der Waals surface area (Å²) >= 11 is 0. The lowest BCUT2D eigenvalue weighted by atomic mass is 10.1. The molecule has 0 aliphatic carbocycles. The van der Waals surface area contributed by atoms with Gasteiger partial charge in [-0.05, 0) is 66.6 Å². The highest BCUT2D eigenvalue weighted by atomic mass is 16.5. The number of carbonyl (C=O) groups is 1. The Morgan fingerprint density at radius 3 is 2.22 bits per heavy atom. The van der Waals surface area contributed by atoms with Gasteiger partial charge in [0.25, 0.3) is 0 Å². The average molecular weight is 359 g/mol. The van der Waals surface area contributed by atoms with Crippen molar-refractivity contribution in [2.24, 2.45) is 4.99 Å². The number of aryl methyl sites for hydroxylation is 1. The van der Waals surface area contributed by atoms with Gasteiger partial charge in [-0.2, -0.15) is 0 Å².